The zero-order chi connectivity index (χ0) is 21.2. The number of hydrogen-bond acceptors (Lipinski definition) is 6. The third-order valence-corrected chi connectivity index (χ3v) is 6.00. The van der Waals surface area contributed by atoms with Crippen LogP contribution in [0.2, 0.25) is 0 Å². The fourth-order valence-electron chi connectivity index (χ4n) is 4.50. The molecule has 2 unspecified atom stereocenters. The molecule has 152 valence electrons. The van der Waals surface area contributed by atoms with E-state index in [0.29, 0.717) is 12.0 Å². The second kappa shape index (κ2) is 7.92. The summed E-state index contributed by atoms with van der Waals surface area (Å²) in [4.78, 5) is 18.4. The van der Waals surface area contributed by atoms with Gasteiger partial charge in [0.2, 0.25) is 0 Å². The second-order valence-corrected chi connectivity index (χ2v) is 7.72. The van der Waals surface area contributed by atoms with Crippen LogP contribution in [0.25, 0.3) is 22.3 Å². The lowest BCUT2D eigenvalue weighted by Gasteiger charge is -2.24. The van der Waals surface area contributed by atoms with Crippen LogP contribution in [0.3, 0.4) is 0 Å². The van der Waals surface area contributed by atoms with Crippen LogP contribution in [0.15, 0.2) is 55.4 Å². The Morgan fingerprint density at radius 3 is 3.00 bits per heavy atom. The quantitative estimate of drug-likeness (QED) is 0.539. The van der Waals surface area contributed by atoms with Crippen molar-refractivity contribution in [1.82, 2.24) is 24.5 Å². The molecular formula is C23H20N8. The largest absolute Gasteiger partial charge is 0.355 e. The Hall–Kier alpha value is -4.17. The van der Waals surface area contributed by atoms with Crippen molar-refractivity contribution >= 4 is 16.9 Å². The first-order valence-electron chi connectivity index (χ1n) is 10.2. The molecule has 0 aromatic carbocycles. The molecule has 1 saturated heterocycles. The first-order valence-corrected chi connectivity index (χ1v) is 10.2. The van der Waals surface area contributed by atoms with E-state index in [9.17, 15) is 10.5 Å². The summed E-state index contributed by atoms with van der Waals surface area (Å²) >= 11 is 0. The van der Waals surface area contributed by atoms with Crippen molar-refractivity contribution in [3.63, 3.8) is 0 Å². The number of hydrogen-bond donors (Lipinski definition) is 1. The number of nitrogens with zero attached hydrogens (tertiary/aromatic N) is 7. The number of aromatic nitrogens is 5. The summed E-state index contributed by atoms with van der Waals surface area (Å²) in [6, 6.07) is 12.2. The summed E-state index contributed by atoms with van der Waals surface area (Å²) in [5, 5.41) is 19.9. The highest BCUT2D eigenvalue weighted by Crippen LogP contribution is 2.35. The van der Waals surface area contributed by atoms with Gasteiger partial charge in [-0.25, -0.2) is 15.0 Å². The standard InChI is InChI=1S/C23H20N8/c24-7-3-20(17-5-11-31(13-17)23-16(12-25)2-1-8-27-23)30-10-6-18(14-30)21-19-4-9-26-22(19)29-15-28-21/h1-2,4,6,8-10,14-15,17,20H,3,5,11,13H2,(H,26,28,29). The van der Waals surface area contributed by atoms with Crippen LogP contribution >= 0.6 is 0 Å². The molecule has 0 radical (unpaired) electrons. The zero-order valence-electron chi connectivity index (χ0n) is 16.8. The van der Waals surface area contributed by atoms with Crippen LogP contribution in [-0.4, -0.2) is 37.6 Å². The number of anilines is 1. The minimum atomic E-state index is 0.0431. The molecule has 2 atom stereocenters. The predicted octanol–water partition coefficient (Wildman–Crippen LogP) is 3.67. The molecule has 0 amide bonds. The van der Waals surface area contributed by atoms with Gasteiger partial charge in [-0.1, -0.05) is 0 Å². The molecule has 8 nitrogen and oxygen atoms in total. The van der Waals surface area contributed by atoms with E-state index < -0.39 is 0 Å². The molecule has 1 aliphatic rings. The summed E-state index contributed by atoms with van der Waals surface area (Å²) in [7, 11) is 0. The van der Waals surface area contributed by atoms with E-state index in [1.807, 2.05) is 24.5 Å². The molecule has 4 aromatic rings. The lowest BCUT2D eigenvalue weighted by Crippen LogP contribution is -2.25. The Balaban J connectivity index is 1.42. The summed E-state index contributed by atoms with van der Waals surface area (Å²) in [6.45, 7) is 1.59. The molecule has 0 aliphatic carbocycles. The smallest absolute Gasteiger partial charge is 0.146 e. The maximum atomic E-state index is 9.50. The Morgan fingerprint density at radius 2 is 2.13 bits per heavy atom. The van der Waals surface area contributed by atoms with E-state index in [0.717, 1.165) is 47.6 Å². The van der Waals surface area contributed by atoms with E-state index in [1.165, 1.54) is 0 Å². The van der Waals surface area contributed by atoms with Crippen LogP contribution < -0.4 is 4.90 Å². The van der Waals surface area contributed by atoms with Crippen LogP contribution in [-0.2, 0) is 0 Å². The van der Waals surface area contributed by atoms with Gasteiger partial charge in [0.15, 0.2) is 0 Å². The third kappa shape index (κ3) is 3.38. The number of nitriles is 2. The molecule has 8 heteroatoms. The van der Waals surface area contributed by atoms with Crippen molar-refractivity contribution in [2.75, 3.05) is 18.0 Å². The Morgan fingerprint density at radius 1 is 1.19 bits per heavy atom. The Kier molecular flexibility index (Phi) is 4.81. The molecule has 1 fully saturated rings. The Labute approximate surface area is 179 Å². The normalized spacial score (nSPS) is 16.8. The number of H-pyrrole nitrogens is 1. The van der Waals surface area contributed by atoms with Crippen LogP contribution in [0.5, 0.6) is 0 Å². The topological polar surface area (TPSA) is 110 Å². The minimum Gasteiger partial charge on any atom is -0.355 e. The summed E-state index contributed by atoms with van der Waals surface area (Å²) < 4.78 is 2.14. The molecule has 0 spiro atoms. The van der Waals surface area contributed by atoms with Gasteiger partial charge >= 0.3 is 0 Å². The summed E-state index contributed by atoms with van der Waals surface area (Å²) in [6.07, 6.45) is 10.6. The van der Waals surface area contributed by atoms with Crippen LogP contribution in [0, 0.1) is 28.6 Å². The Bertz CT molecular complexity index is 1300. The van der Waals surface area contributed by atoms with Crippen LogP contribution in [0.4, 0.5) is 5.82 Å². The van der Waals surface area contributed by atoms with E-state index in [2.05, 4.69) is 47.7 Å². The van der Waals surface area contributed by atoms with E-state index in [-0.39, 0.29) is 12.0 Å². The zero-order valence-corrected chi connectivity index (χ0v) is 16.8. The number of nitrogens with one attached hydrogen (secondary N) is 1. The number of pyridine rings is 1. The van der Waals surface area contributed by atoms with E-state index in [4.69, 9.17) is 0 Å². The lowest BCUT2D eigenvalue weighted by atomic mass is 9.96. The van der Waals surface area contributed by atoms with Gasteiger partial charge in [-0.15, -0.1) is 0 Å². The van der Waals surface area contributed by atoms with Crippen molar-refractivity contribution < 1.29 is 0 Å². The van der Waals surface area contributed by atoms with Crippen molar-refractivity contribution in [2.24, 2.45) is 5.92 Å². The van der Waals surface area contributed by atoms with Gasteiger partial charge in [0.05, 0.1) is 29.8 Å². The number of fused-ring (bicyclic) bond motifs is 1. The van der Waals surface area contributed by atoms with Gasteiger partial charge < -0.3 is 14.5 Å². The molecule has 5 rings (SSSR count). The molecule has 0 bridgehead atoms. The highest BCUT2D eigenvalue weighted by molar-refractivity contribution is 5.90. The monoisotopic (exact) mass is 408 g/mol. The molecular weight excluding hydrogens is 388 g/mol. The van der Waals surface area contributed by atoms with Crippen molar-refractivity contribution in [1.29, 1.82) is 10.5 Å². The van der Waals surface area contributed by atoms with Gasteiger partial charge in [-0.3, -0.25) is 0 Å². The first kappa shape index (κ1) is 18.8. The highest BCUT2D eigenvalue weighted by atomic mass is 15.2. The van der Waals surface area contributed by atoms with Gasteiger partial charge in [0, 0.05) is 48.8 Å². The van der Waals surface area contributed by atoms with Gasteiger partial charge in [-0.2, -0.15) is 10.5 Å². The average Bonchev–Trinajstić information content (AvgIpc) is 3.57. The average molecular weight is 408 g/mol. The van der Waals surface area contributed by atoms with Gasteiger partial charge in [-0.05, 0) is 36.6 Å². The minimum absolute atomic E-state index is 0.0431. The van der Waals surface area contributed by atoms with Crippen LogP contribution in [0.1, 0.15) is 24.4 Å². The highest BCUT2D eigenvalue weighted by Gasteiger charge is 2.32. The molecule has 0 saturated carbocycles. The fourth-order valence-corrected chi connectivity index (χ4v) is 4.50. The lowest BCUT2D eigenvalue weighted by molar-refractivity contribution is 0.360. The molecule has 4 aromatic heterocycles. The predicted molar refractivity (Wildman–Crippen MR) is 116 cm³/mol. The molecule has 1 aliphatic heterocycles. The van der Waals surface area contributed by atoms with Gasteiger partial charge in [0.25, 0.3) is 0 Å². The van der Waals surface area contributed by atoms with Gasteiger partial charge in [0.1, 0.15) is 23.9 Å². The van der Waals surface area contributed by atoms with Crippen molar-refractivity contribution in [3.8, 4) is 23.4 Å². The summed E-state index contributed by atoms with van der Waals surface area (Å²) in [5.74, 6) is 1.01. The van der Waals surface area contributed by atoms with E-state index in [1.54, 1.807) is 24.7 Å². The van der Waals surface area contributed by atoms with E-state index >= 15 is 0 Å². The number of aromatic amines is 1. The number of rotatable bonds is 5. The second-order valence-electron chi connectivity index (χ2n) is 7.72. The molecule has 1 N–H and O–H groups in total. The third-order valence-electron chi connectivity index (χ3n) is 6.00. The maximum absolute atomic E-state index is 9.50. The maximum Gasteiger partial charge on any atom is 0.146 e. The van der Waals surface area contributed by atoms with Crippen molar-refractivity contribution in [2.45, 2.75) is 18.9 Å². The molecule has 5 heterocycles. The fraction of sp³-hybridized carbons (Fsp3) is 0.261. The van der Waals surface area contributed by atoms with Crippen molar-refractivity contribution in [3.05, 3.63) is 60.9 Å². The summed E-state index contributed by atoms with van der Waals surface area (Å²) in [5.41, 5.74) is 3.27. The first-order chi connectivity index (χ1) is 15.3. The SMILES string of the molecule is N#CCC(C1CCN(c2ncccc2C#N)C1)n1ccc(-c2ncnc3[nH]ccc23)c1. The molecule has 31 heavy (non-hydrogen) atoms.